The van der Waals surface area contributed by atoms with Crippen LogP contribution in [0, 0.1) is 0 Å². The Balaban J connectivity index is 1.84. The maximum Gasteiger partial charge on any atom is 0.277 e. The van der Waals surface area contributed by atoms with Gasteiger partial charge in [0.05, 0.1) is 7.11 Å². The number of piperidine rings is 1. The van der Waals surface area contributed by atoms with Crippen molar-refractivity contribution in [2.24, 2.45) is 0 Å². The Morgan fingerprint density at radius 3 is 2.75 bits per heavy atom. The molecule has 1 fully saturated rings. The van der Waals surface area contributed by atoms with Crippen molar-refractivity contribution in [2.45, 2.75) is 25.4 Å². The minimum absolute atomic E-state index is 0.207. The highest BCUT2D eigenvalue weighted by Crippen LogP contribution is 2.28. The molecule has 1 unspecified atom stereocenters. The molecule has 1 N–H and O–H groups in total. The van der Waals surface area contributed by atoms with Crippen LogP contribution in [-0.2, 0) is 21.0 Å². The molecule has 1 aromatic carbocycles. The van der Waals surface area contributed by atoms with E-state index in [0.717, 1.165) is 5.06 Å². The van der Waals surface area contributed by atoms with Gasteiger partial charge in [0.1, 0.15) is 6.04 Å². The molecular formula is C16H17N3O5. The maximum absolute atomic E-state index is 12.5. The second kappa shape index (κ2) is 6.04. The van der Waals surface area contributed by atoms with Gasteiger partial charge >= 0.3 is 0 Å². The van der Waals surface area contributed by atoms with Crippen LogP contribution in [0.2, 0.25) is 0 Å². The van der Waals surface area contributed by atoms with Gasteiger partial charge in [0.25, 0.3) is 11.8 Å². The molecule has 2 aliphatic heterocycles. The topological polar surface area (TPSA) is 96.0 Å². The molecule has 0 saturated carbocycles. The van der Waals surface area contributed by atoms with Gasteiger partial charge in [0.15, 0.2) is 0 Å². The standard InChI is InChI=1S/C16H17N3O5/c1-18(24-2)15(22)9-3-4-11-10(7-9)8-19(16(11)23)12-5-6-13(20)17-14(12)21/h3-4,7,12H,5-6,8H2,1-2H3,(H,17,20,21). The number of hydrogen-bond acceptors (Lipinski definition) is 5. The average Bonchev–Trinajstić information content (AvgIpc) is 2.89. The van der Waals surface area contributed by atoms with E-state index in [-0.39, 0.29) is 30.7 Å². The molecule has 0 spiro atoms. The number of imide groups is 1. The van der Waals surface area contributed by atoms with Crippen molar-refractivity contribution in [3.8, 4) is 0 Å². The molecule has 8 nitrogen and oxygen atoms in total. The van der Waals surface area contributed by atoms with E-state index in [9.17, 15) is 19.2 Å². The number of nitrogens with one attached hydrogen (secondary N) is 1. The number of fused-ring (bicyclic) bond motifs is 1. The molecule has 2 aliphatic rings. The van der Waals surface area contributed by atoms with Crippen molar-refractivity contribution in [3.63, 3.8) is 0 Å². The van der Waals surface area contributed by atoms with Crippen LogP contribution in [0.4, 0.5) is 0 Å². The smallest absolute Gasteiger partial charge is 0.277 e. The van der Waals surface area contributed by atoms with Gasteiger partial charge in [0, 0.05) is 31.1 Å². The molecule has 2 heterocycles. The van der Waals surface area contributed by atoms with Gasteiger partial charge in [-0.25, -0.2) is 5.06 Å². The van der Waals surface area contributed by atoms with Crippen molar-refractivity contribution in [1.82, 2.24) is 15.3 Å². The quantitative estimate of drug-likeness (QED) is 0.625. The molecule has 0 aliphatic carbocycles. The van der Waals surface area contributed by atoms with Gasteiger partial charge in [-0.1, -0.05) is 0 Å². The predicted octanol–water partition coefficient (Wildman–Crippen LogP) is 0.0810. The monoisotopic (exact) mass is 331 g/mol. The lowest BCUT2D eigenvalue weighted by atomic mass is 10.0. The van der Waals surface area contributed by atoms with Crippen LogP contribution in [0.15, 0.2) is 18.2 Å². The van der Waals surface area contributed by atoms with Crippen LogP contribution in [0.5, 0.6) is 0 Å². The SMILES string of the molecule is CON(C)C(=O)c1ccc2c(c1)CN(C1CCC(=O)NC1=O)C2=O. The number of benzene rings is 1. The summed E-state index contributed by atoms with van der Waals surface area (Å²) in [4.78, 5) is 54.2. The minimum Gasteiger partial charge on any atom is -0.322 e. The molecule has 3 rings (SSSR count). The fourth-order valence-electron chi connectivity index (χ4n) is 2.97. The number of carbonyl (C=O) groups excluding carboxylic acids is 4. The zero-order chi connectivity index (χ0) is 17.4. The molecule has 8 heteroatoms. The van der Waals surface area contributed by atoms with E-state index >= 15 is 0 Å². The Hall–Kier alpha value is -2.74. The number of hydroxylamine groups is 2. The molecule has 1 aromatic rings. The average molecular weight is 331 g/mol. The highest BCUT2D eigenvalue weighted by Gasteiger charge is 2.39. The van der Waals surface area contributed by atoms with Gasteiger partial charge in [0.2, 0.25) is 11.8 Å². The molecular weight excluding hydrogens is 314 g/mol. The minimum atomic E-state index is -0.664. The Morgan fingerprint density at radius 1 is 1.33 bits per heavy atom. The van der Waals surface area contributed by atoms with E-state index in [1.807, 2.05) is 0 Å². The van der Waals surface area contributed by atoms with Crippen molar-refractivity contribution >= 4 is 23.6 Å². The van der Waals surface area contributed by atoms with E-state index in [4.69, 9.17) is 4.84 Å². The fraction of sp³-hybridized carbons (Fsp3) is 0.375. The van der Waals surface area contributed by atoms with Gasteiger partial charge < -0.3 is 4.90 Å². The Kier molecular flexibility index (Phi) is 4.06. The predicted molar refractivity (Wildman–Crippen MR) is 81.6 cm³/mol. The highest BCUT2D eigenvalue weighted by atomic mass is 16.7. The zero-order valence-electron chi connectivity index (χ0n) is 13.4. The van der Waals surface area contributed by atoms with Gasteiger partial charge in [-0.2, -0.15) is 0 Å². The maximum atomic E-state index is 12.5. The summed E-state index contributed by atoms with van der Waals surface area (Å²) in [6, 6.07) is 4.11. The first-order valence-electron chi connectivity index (χ1n) is 7.52. The third-order valence-electron chi connectivity index (χ3n) is 4.33. The second-order valence-electron chi connectivity index (χ2n) is 5.76. The lowest BCUT2D eigenvalue weighted by Gasteiger charge is -2.29. The number of nitrogens with zero attached hydrogens (tertiary/aromatic N) is 2. The first-order valence-corrected chi connectivity index (χ1v) is 7.52. The number of hydrogen-bond donors (Lipinski definition) is 1. The summed E-state index contributed by atoms with van der Waals surface area (Å²) in [6.07, 6.45) is 0.515. The first kappa shape index (κ1) is 16.1. The summed E-state index contributed by atoms with van der Waals surface area (Å²) in [5.74, 6) is -1.37. The van der Waals surface area contributed by atoms with E-state index < -0.39 is 11.9 Å². The third-order valence-corrected chi connectivity index (χ3v) is 4.33. The molecule has 1 saturated heterocycles. The highest BCUT2D eigenvalue weighted by molar-refractivity contribution is 6.06. The van der Waals surface area contributed by atoms with Crippen LogP contribution in [0.25, 0.3) is 0 Å². The van der Waals surface area contributed by atoms with Crippen LogP contribution >= 0.6 is 0 Å². The third kappa shape index (κ3) is 2.65. The van der Waals surface area contributed by atoms with Crippen molar-refractivity contribution in [2.75, 3.05) is 14.2 Å². The Labute approximate surface area is 138 Å². The summed E-state index contributed by atoms with van der Waals surface area (Å²) < 4.78 is 0. The summed E-state index contributed by atoms with van der Waals surface area (Å²) in [5, 5.41) is 3.35. The molecule has 0 bridgehead atoms. The van der Waals surface area contributed by atoms with E-state index in [2.05, 4.69) is 5.32 Å². The number of carbonyl (C=O) groups is 4. The molecule has 1 atom stereocenters. The zero-order valence-corrected chi connectivity index (χ0v) is 13.4. The van der Waals surface area contributed by atoms with E-state index in [0.29, 0.717) is 23.1 Å². The lowest BCUT2D eigenvalue weighted by molar-refractivity contribution is -0.136. The largest absolute Gasteiger partial charge is 0.322 e. The van der Waals surface area contributed by atoms with Crippen molar-refractivity contribution < 1.29 is 24.0 Å². The lowest BCUT2D eigenvalue weighted by Crippen LogP contribution is -2.52. The van der Waals surface area contributed by atoms with Crippen molar-refractivity contribution in [3.05, 3.63) is 34.9 Å². The van der Waals surface area contributed by atoms with Gasteiger partial charge in [-0.3, -0.25) is 29.3 Å². The summed E-state index contributed by atoms with van der Waals surface area (Å²) in [5.41, 5.74) is 1.55. The molecule has 126 valence electrons. The molecule has 0 aromatic heterocycles. The Bertz CT molecular complexity index is 745. The van der Waals surface area contributed by atoms with Gasteiger partial charge in [-0.05, 0) is 30.2 Å². The fourth-order valence-corrected chi connectivity index (χ4v) is 2.97. The second-order valence-corrected chi connectivity index (χ2v) is 5.76. The van der Waals surface area contributed by atoms with Crippen LogP contribution in [-0.4, -0.2) is 53.8 Å². The molecule has 0 radical (unpaired) electrons. The Morgan fingerprint density at radius 2 is 2.08 bits per heavy atom. The van der Waals surface area contributed by atoms with Crippen LogP contribution < -0.4 is 5.32 Å². The number of amides is 4. The van der Waals surface area contributed by atoms with Crippen molar-refractivity contribution in [1.29, 1.82) is 0 Å². The summed E-state index contributed by atoms with van der Waals surface area (Å²) in [6.45, 7) is 0.234. The molecule has 4 amide bonds. The summed E-state index contributed by atoms with van der Waals surface area (Å²) in [7, 11) is 2.88. The van der Waals surface area contributed by atoms with E-state index in [1.165, 1.54) is 19.1 Å². The molecule has 24 heavy (non-hydrogen) atoms. The summed E-state index contributed by atoms with van der Waals surface area (Å²) >= 11 is 0. The van der Waals surface area contributed by atoms with Crippen LogP contribution in [0.3, 0.4) is 0 Å². The number of rotatable bonds is 3. The normalized spacial score (nSPS) is 20.0. The van der Waals surface area contributed by atoms with E-state index in [1.54, 1.807) is 18.2 Å². The van der Waals surface area contributed by atoms with Crippen LogP contribution in [0.1, 0.15) is 39.1 Å². The first-order chi connectivity index (χ1) is 11.4. The van der Waals surface area contributed by atoms with Gasteiger partial charge in [-0.15, -0.1) is 0 Å².